The van der Waals surface area contributed by atoms with E-state index < -0.39 is 5.60 Å². The van der Waals surface area contributed by atoms with Gasteiger partial charge in [-0.05, 0) is 47.8 Å². The summed E-state index contributed by atoms with van der Waals surface area (Å²) in [4.78, 5) is 4.38. The topological polar surface area (TPSA) is 38.0 Å². The van der Waals surface area contributed by atoms with Crippen molar-refractivity contribution in [2.75, 3.05) is 0 Å². The molecule has 3 nitrogen and oxygen atoms in total. The fraction of sp³-hybridized carbons (Fsp3) is 0.417. The van der Waals surface area contributed by atoms with E-state index in [4.69, 9.17) is 0 Å². The van der Waals surface area contributed by atoms with Crippen LogP contribution in [0.15, 0.2) is 29.0 Å². The quantitative estimate of drug-likeness (QED) is 0.872. The van der Waals surface area contributed by atoms with Crippen LogP contribution in [-0.2, 0) is 0 Å². The molecule has 1 aromatic carbocycles. The molecule has 1 N–H and O–H groups in total. The summed E-state index contributed by atoms with van der Waals surface area (Å²) in [6, 6.07) is 6.39. The van der Waals surface area contributed by atoms with Crippen molar-refractivity contribution >= 4 is 27.0 Å². The van der Waals surface area contributed by atoms with Gasteiger partial charge >= 0.3 is 0 Å². The Bertz CT molecular complexity index is 539. The van der Waals surface area contributed by atoms with Crippen LogP contribution in [0.3, 0.4) is 0 Å². The summed E-state index contributed by atoms with van der Waals surface area (Å²) in [7, 11) is 0. The lowest BCUT2D eigenvalue weighted by Crippen LogP contribution is -2.41. The lowest BCUT2D eigenvalue weighted by molar-refractivity contribution is -0.0498. The fourth-order valence-electron chi connectivity index (χ4n) is 2.47. The second-order valence-electron chi connectivity index (χ2n) is 4.82. The van der Waals surface area contributed by atoms with Gasteiger partial charge in [0.2, 0.25) is 0 Å². The van der Waals surface area contributed by atoms with Crippen LogP contribution in [0.25, 0.3) is 11.0 Å². The first kappa shape index (κ1) is 10.3. The van der Waals surface area contributed by atoms with Crippen LogP contribution in [-0.4, -0.2) is 20.3 Å². The molecule has 3 rings (SSSR count). The number of imidazole rings is 1. The molecule has 1 heterocycles. The summed E-state index contributed by atoms with van der Waals surface area (Å²) < 4.78 is 3.23. The largest absolute Gasteiger partial charge is 0.390 e. The Morgan fingerprint density at radius 3 is 2.94 bits per heavy atom. The predicted molar refractivity (Wildman–Crippen MR) is 66.3 cm³/mol. The molecule has 0 bridgehead atoms. The second kappa shape index (κ2) is 3.31. The minimum atomic E-state index is -0.498. The van der Waals surface area contributed by atoms with Crippen LogP contribution in [0.4, 0.5) is 0 Å². The van der Waals surface area contributed by atoms with E-state index in [9.17, 15) is 5.11 Å². The number of fused-ring (bicyclic) bond motifs is 1. The Morgan fingerprint density at radius 1 is 1.50 bits per heavy atom. The molecule has 1 aliphatic carbocycles. The smallest absolute Gasteiger partial charge is 0.0961 e. The van der Waals surface area contributed by atoms with E-state index in [0.29, 0.717) is 6.04 Å². The Morgan fingerprint density at radius 2 is 2.25 bits per heavy atom. The number of rotatable bonds is 1. The van der Waals surface area contributed by atoms with E-state index in [-0.39, 0.29) is 0 Å². The standard InChI is InChI=1S/C12H13BrN2O/c1-12(16)5-8(6-12)15-7-14-10-4-2-3-9(13)11(10)15/h2-4,7-8,16H,5-6H2,1H3. The van der Waals surface area contributed by atoms with Gasteiger partial charge in [-0.25, -0.2) is 4.98 Å². The number of para-hydroxylation sites is 1. The normalized spacial score (nSPS) is 29.3. The number of halogens is 1. The lowest BCUT2D eigenvalue weighted by Gasteiger charge is -2.41. The highest BCUT2D eigenvalue weighted by molar-refractivity contribution is 9.10. The van der Waals surface area contributed by atoms with Gasteiger partial charge in [0.15, 0.2) is 0 Å². The van der Waals surface area contributed by atoms with Crippen LogP contribution in [0.1, 0.15) is 25.8 Å². The molecule has 1 saturated carbocycles. The van der Waals surface area contributed by atoms with E-state index in [1.54, 1.807) is 0 Å². The van der Waals surface area contributed by atoms with Gasteiger partial charge in [0, 0.05) is 10.5 Å². The van der Waals surface area contributed by atoms with E-state index in [0.717, 1.165) is 28.3 Å². The highest BCUT2D eigenvalue weighted by Gasteiger charge is 2.39. The van der Waals surface area contributed by atoms with Gasteiger partial charge in [0.25, 0.3) is 0 Å². The van der Waals surface area contributed by atoms with Crippen LogP contribution in [0, 0.1) is 0 Å². The summed E-state index contributed by atoms with van der Waals surface area (Å²) in [5.41, 5.74) is 1.63. The summed E-state index contributed by atoms with van der Waals surface area (Å²) in [5.74, 6) is 0. The van der Waals surface area contributed by atoms with Gasteiger partial charge in [0.1, 0.15) is 0 Å². The first-order valence-corrected chi connectivity index (χ1v) is 6.20. The van der Waals surface area contributed by atoms with E-state index in [1.807, 2.05) is 31.5 Å². The number of nitrogens with zero attached hydrogens (tertiary/aromatic N) is 2. The molecule has 1 aliphatic rings. The maximum Gasteiger partial charge on any atom is 0.0961 e. The Labute approximate surface area is 102 Å². The summed E-state index contributed by atoms with van der Waals surface area (Å²) >= 11 is 3.55. The molecule has 0 radical (unpaired) electrons. The van der Waals surface area contributed by atoms with Crippen LogP contribution >= 0.6 is 15.9 Å². The third kappa shape index (κ3) is 1.48. The molecule has 4 heteroatoms. The summed E-state index contributed by atoms with van der Waals surface area (Å²) in [5, 5.41) is 9.78. The van der Waals surface area contributed by atoms with Gasteiger partial charge in [-0.2, -0.15) is 0 Å². The van der Waals surface area contributed by atoms with Crippen LogP contribution in [0.5, 0.6) is 0 Å². The Kier molecular flexibility index (Phi) is 2.13. The van der Waals surface area contributed by atoms with Crippen LogP contribution in [0.2, 0.25) is 0 Å². The van der Waals surface area contributed by atoms with E-state index >= 15 is 0 Å². The molecule has 0 saturated heterocycles. The van der Waals surface area contributed by atoms with Crippen molar-refractivity contribution in [2.24, 2.45) is 0 Å². The zero-order chi connectivity index (χ0) is 11.3. The molecule has 1 aromatic heterocycles. The predicted octanol–water partition coefficient (Wildman–Crippen LogP) is 2.88. The minimum absolute atomic E-state index is 0.374. The van der Waals surface area contributed by atoms with Crippen molar-refractivity contribution in [3.8, 4) is 0 Å². The number of aromatic nitrogens is 2. The maximum absolute atomic E-state index is 9.78. The number of hydrogen-bond donors (Lipinski definition) is 1. The van der Waals surface area contributed by atoms with Crippen molar-refractivity contribution in [3.63, 3.8) is 0 Å². The molecule has 1 fully saturated rings. The Hall–Kier alpha value is -0.870. The molecule has 2 aromatic rings. The van der Waals surface area contributed by atoms with E-state index in [2.05, 4.69) is 25.5 Å². The zero-order valence-corrected chi connectivity index (χ0v) is 10.6. The third-order valence-corrected chi connectivity index (χ3v) is 3.93. The first-order valence-electron chi connectivity index (χ1n) is 5.40. The van der Waals surface area contributed by atoms with Crippen molar-refractivity contribution in [1.82, 2.24) is 9.55 Å². The third-order valence-electron chi connectivity index (χ3n) is 3.29. The van der Waals surface area contributed by atoms with Crippen molar-refractivity contribution in [3.05, 3.63) is 29.0 Å². The minimum Gasteiger partial charge on any atom is -0.390 e. The summed E-state index contributed by atoms with van der Waals surface area (Å²) in [6.07, 6.45) is 3.48. The van der Waals surface area contributed by atoms with Gasteiger partial charge in [-0.1, -0.05) is 6.07 Å². The van der Waals surface area contributed by atoms with Crippen molar-refractivity contribution < 1.29 is 5.11 Å². The molecule has 0 amide bonds. The van der Waals surface area contributed by atoms with Crippen molar-refractivity contribution in [2.45, 2.75) is 31.4 Å². The average Bonchev–Trinajstić information content (AvgIpc) is 2.59. The molecular weight excluding hydrogens is 268 g/mol. The van der Waals surface area contributed by atoms with E-state index in [1.165, 1.54) is 0 Å². The Balaban J connectivity index is 2.06. The SMILES string of the molecule is CC1(O)CC(n2cnc3cccc(Br)c32)C1. The van der Waals surface area contributed by atoms with Crippen LogP contribution < -0.4 is 0 Å². The molecular formula is C12H13BrN2O. The first-order chi connectivity index (χ1) is 7.57. The fourth-order valence-corrected chi connectivity index (χ4v) is 3.04. The summed E-state index contributed by atoms with van der Waals surface area (Å²) in [6.45, 7) is 1.89. The average molecular weight is 281 g/mol. The highest BCUT2D eigenvalue weighted by atomic mass is 79.9. The second-order valence-corrected chi connectivity index (χ2v) is 5.67. The van der Waals surface area contributed by atoms with Gasteiger partial charge in [-0.3, -0.25) is 0 Å². The number of hydrogen-bond acceptors (Lipinski definition) is 2. The molecule has 0 atom stereocenters. The highest BCUT2D eigenvalue weighted by Crippen LogP contribution is 2.42. The monoisotopic (exact) mass is 280 g/mol. The molecule has 16 heavy (non-hydrogen) atoms. The number of benzene rings is 1. The van der Waals surface area contributed by atoms with Gasteiger partial charge < -0.3 is 9.67 Å². The maximum atomic E-state index is 9.78. The molecule has 84 valence electrons. The van der Waals surface area contributed by atoms with Gasteiger partial charge in [0.05, 0.1) is 23.0 Å². The van der Waals surface area contributed by atoms with Crippen molar-refractivity contribution in [1.29, 1.82) is 0 Å². The lowest BCUT2D eigenvalue weighted by atomic mass is 9.77. The van der Waals surface area contributed by atoms with Gasteiger partial charge in [-0.15, -0.1) is 0 Å². The molecule has 0 spiro atoms. The zero-order valence-electron chi connectivity index (χ0n) is 9.02. The molecule has 0 aliphatic heterocycles. The molecule has 0 unspecified atom stereocenters. The number of aliphatic hydroxyl groups is 1.